The maximum Gasteiger partial charge on any atom is 0.245 e. The average molecular weight is 354 g/mol. The van der Waals surface area contributed by atoms with Gasteiger partial charge in [-0.25, -0.2) is 5.06 Å². The molecule has 0 bridgehead atoms. The zero-order valence-corrected chi connectivity index (χ0v) is 16.4. The van der Waals surface area contributed by atoms with Gasteiger partial charge in [0.15, 0.2) is 0 Å². The molecule has 0 radical (unpaired) electrons. The number of amides is 1. The van der Waals surface area contributed by atoms with E-state index in [0.29, 0.717) is 18.9 Å². The van der Waals surface area contributed by atoms with E-state index in [2.05, 4.69) is 62.0 Å². The summed E-state index contributed by atoms with van der Waals surface area (Å²) in [6, 6.07) is 19.0. The summed E-state index contributed by atoms with van der Waals surface area (Å²) in [5, 5.41) is 1.31. The molecular weight excluding hydrogens is 322 g/mol. The normalized spacial score (nSPS) is 11.1. The minimum atomic E-state index is -0.0169. The summed E-state index contributed by atoms with van der Waals surface area (Å²) < 4.78 is 0. The first-order valence-corrected chi connectivity index (χ1v) is 9.17. The van der Waals surface area contributed by atoms with Crippen molar-refractivity contribution in [3.05, 3.63) is 83.9 Å². The highest BCUT2D eigenvalue weighted by Gasteiger charge is 2.12. The standard InChI is InChI=1S/C20H25NO2.C3H6/c1-4-19(17-9-7-6-8-10-17)18-13-11-16(12-14-18)15-23-21(3)20(22)5-2;1-3-2/h6-14,19H,4-5,15H2,1-3H3;3H,1H2,2H3. The van der Waals surface area contributed by atoms with Crippen LogP contribution in [0.5, 0.6) is 0 Å². The summed E-state index contributed by atoms with van der Waals surface area (Å²) in [6.45, 7) is 9.69. The molecule has 2 rings (SSSR count). The molecule has 0 aromatic heterocycles. The molecule has 0 aliphatic heterocycles. The van der Waals surface area contributed by atoms with Crippen molar-refractivity contribution in [1.29, 1.82) is 0 Å². The molecule has 1 atom stereocenters. The lowest BCUT2D eigenvalue weighted by atomic mass is 9.89. The minimum absolute atomic E-state index is 0.0169. The smallest absolute Gasteiger partial charge is 0.245 e. The van der Waals surface area contributed by atoms with Gasteiger partial charge in [0.1, 0.15) is 6.61 Å². The fraction of sp³-hybridized carbons (Fsp3) is 0.348. The number of hydrogen-bond acceptors (Lipinski definition) is 2. The zero-order valence-electron chi connectivity index (χ0n) is 16.4. The van der Waals surface area contributed by atoms with Gasteiger partial charge in [-0.05, 0) is 30.0 Å². The molecule has 1 amide bonds. The largest absolute Gasteiger partial charge is 0.273 e. The highest BCUT2D eigenvalue weighted by atomic mass is 16.7. The number of carbonyl (C=O) groups is 1. The van der Waals surface area contributed by atoms with E-state index >= 15 is 0 Å². The van der Waals surface area contributed by atoms with E-state index in [1.165, 1.54) is 16.2 Å². The van der Waals surface area contributed by atoms with Crippen LogP contribution in [0.3, 0.4) is 0 Å². The van der Waals surface area contributed by atoms with E-state index in [4.69, 9.17) is 4.84 Å². The Balaban J connectivity index is 0.00000105. The summed E-state index contributed by atoms with van der Waals surface area (Å²) in [4.78, 5) is 16.9. The first kappa shape index (κ1) is 21.7. The van der Waals surface area contributed by atoms with Crippen LogP contribution >= 0.6 is 0 Å². The minimum Gasteiger partial charge on any atom is -0.273 e. The van der Waals surface area contributed by atoms with E-state index in [1.807, 2.05) is 19.9 Å². The van der Waals surface area contributed by atoms with E-state index in [9.17, 15) is 4.79 Å². The predicted octanol–water partition coefficient (Wildman–Crippen LogP) is 5.72. The number of carbonyl (C=O) groups excluding carboxylic acids is 1. The summed E-state index contributed by atoms with van der Waals surface area (Å²) >= 11 is 0. The van der Waals surface area contributed by atoms with Crippen LogP contribution in [0.2, 0.25) is 0 Å². The van der Waals surface area contributed by atoms with Crippen LogP contribution in [0.4, 0.5) is 0 Å². The van der Waals surface area contributed by atoms with Crippen LogP contribution in [0.25, 0.3) is 0 Å². The lowest BCUT2D eigenvalue weighted by Crippen LogP contribution is -2.25. The molecule has 3 heteroatoms. The fourth-order valence-corrected chi connectivity index (χ4v) is 2.66. The van der Waals surface area contributed by atoms with Crippen LogP contribution in [0.15, 0.2) is 67.3 Å². The molecule has 0 heterocycles. The Kier molecular flexibility index (Phi) is 10.0. The fourth-order valence-electron chi connectivity index (χ4n) is 2.66. The van der Waals surface area contributed by atoms with Crippen molar-refractivity contribution >= 4 is 5.91 Å². The van der Waals surface area contributed by atoms with Gasteiger partial charge in [0, 0.05) is 19.4 Å². The molecule has 2 aromatic carbocycles. The van der Waals surface area contributed by atoms with Gasteiger partial charge in [0.25, 0.3) is 0 Å². The van der Waals surface area contributed by atoms with Crippen LogP contribution < -0.4 is 0 Å². The molecule has 0 fully saturated rings. The first-order valence-electron chi connectivity index (χ1n) is 9.17. The molecular formula is C23H31NO2. The van der Waals surface area contributed by atoms with E-state index < -0.39 is 0 Å². The molecule has 0 aliphatic carbocycles. The van der Waals surface area contributed by atoms with E-state index in [0.717, 1.165) is 12.0 Å². The highest BCUT2D eigenvalue weighted by Crippen LogP contribution is 2.27. The number of nitrogens with zero attached hydrogens (tertiary/aromatic N) is 1. The maximum atomic E-state index is 11.5. The van der Waals surface area contributed by atoms with E-state index in [-0.39, 0.29) is 5.91 Å². The number of hydroxylamine groups is 2. The van der Waals surface area contributed by atoms with Gasteiger partial charge in [-0.15, -0.1) is 6.58 Å². The molecule has 140 valence electrons. The highest BCUT2D eigenvalue weighted by molar-refractivity contribution is 5.74. The monoisotopic (exact) mass is 353 g/mol. The third-order valence-corrected chi connectivity index (χ3v) is 4.07. The summed E-state index contributed by atoms with van der Waals surface area (Å²) in [5.74, 6) is 0.396. The van der Waals surface area contributed by atoms with Gasteiger partial charge in [0.05, 0.1) is 0 Å². The summed E-state index contributed by atoms with van der Waals surface area (Å²) in [7, 11) is 1.66. The van der Waals surface area contributed by atoms with Crippen LogP contribution in [0.1, 0.15) is 56.2 Å². The summed E-state index contributed by atoms with van der Waals surface area (Å²) in [5.41, 5.74) is 3.71. The molecule has 0 spiro atoms. The maximum absolute atomic E-state index is 11.5. The topological polar surface area (TPSA) is 29.5 Å². The van der Waals surface area contributed by atoms with Gasteiger partial charge < -0.3 is 0 Å². The van der Waals surface area contributed by atoms with Gasteiger partial charge in [0.2, 0.25) is 5.91 Å². The lowest BCUT2D eigenvalue weighted by molar-refractivity contribution is -0.182. The number of rotatable bonds is 7. The third kappa shape index (κ3) is 6.85. The Morgan fingerprint density at radius 1 is 1.08 bits per heavy atom. The number of hydrogen-bond donors (Lipinski definition) is 0. The van der Waals surface area contributed by atoms with E-state index in [1.54, 1.807) is 13.1 Å². The van der Waals surface area contributed by atoms with Gasteiger partial charge in [-0.1, -0.05) is 74.5 Å². The zero-order chi connectivity index (χ0) is 19.4. The Labute approximate surface area is 158 Å². The van der Waals surface area contributed by atoms with Crippen molar-refractivity contribution in [1.82, 2.24) is 5.06 Å². The first-order chi connectivity index (χ1) is 12.6. The van der Waals surface area contributed by atoms with Crippen LogP contribution in [0, 0.1) is 0 Å². The number of benzene rings is 2. The average Bonchev–Trinajstić information content (AvgIpc) is 2.68. The van der Waals surface area contributed by atoms with Crippen molar-refractivity contribution in [2.24, 2.45) is 0 Å². The molecule has 2 aromatic rings. The molecule has 26 heavy (non-hydrogen) atoms. The molecule has 0 aliphatic rings. The van der Waals surface area contributed by atoms with Crippen LogP contribution in [-0.4, -0.2) is 18.0 Å². The van der Waals surface area contributed by atoms with Crippen LogP contribution in [-0.2, 0) is 16.2 Å². The molecule has 3 nitrogen and oxygen atoms in total. The second-order valence-corrected chi connectivity index (χ2v) is 6.04. The van der Waals surface area contributed by atoms with Crippen molar-refractivity contribution in [2.45, 2.75) is 46.1 Å². The number of allylic oxidation sites excluding steroid dienone is 1. The van der Waals surface area contributed by atoms with Crippen molar-refractivity contribution in [3.63, 3.8) is 0 Å². The summed E-state index contributed by atoms with van der Waals surface area (Å²) in [6.07, 6.45) is 3.26. The quantitative estimate of drug-likeness (QED) is 0.470. The van der Waals surface area contributed by atoms with Crippen molar-refractivity contribution < 1.29 is 9.63 Å². The second kappa shape index (κ2) is 12.0. The predicted molar refractivity (Wildman–Crippen MR) is 109 cm³/mol. The third-order valence-electron chi connectivity index (χ3n) is 4.07. The Morgan fingerprint density at radius 2 is 1.62 bits per heavy atom. The molecule has 1 unspecified atom stereocenters. The van der Waals surface area contributed by atoms with Gasteiger partial charge >= 0.3 is 0 Å². The molecule has 0 saturated heterocycles. The Morgan fingerprint density at radius 3 is 2.12 bits per heavy atom. The van der Waals surface area contributed by atoms with Crippen molar-refractivity contribution in [3.8, 4) is 0 Å². The van der Waals surface area contributed by atoms with Gasteiger partial charge in [-0.3, -0.25) is 9.63 Å². The SMILES string of the molecule is C=CC.CCC(=O)N(C)OCc1ccc(C(CC)c2ccccc2)cc1. The van der Waals surface area contributed by atoms with Gasteiger partial charge in [-0.2, -0.15) is 0 Å². The molecule has 0 N–H and O–H groups in total. The lowest BCUT2D eigenvalue weighted by Gasteiger charge is -2.18. The second-order valence-electron chi connectivity index (χ2n) is 6.04. The van der Waals surface area contributed by atoms with Crippen molar-refractivity contribution in [2.75, 3.05) is 7.05 Å². The molecule has 0 saturated carbocycles. The Hall–Kier alpha value is -2.39. The Bertz CT molecular complexity index is 650.